The summed E-state index contributed by atoms with van der Waals surface area (Å²) in [6, 6.07) is 2.94. The zero-order valence-electron chi connectivity index (χ0n) is 12.1. The molecule has 1 aliphatic rings. The minimum absolute atomic E-state index is 0.109. The second kappa shape index (κ2) is 6.57. The molecule has 0 unspecified atom stereocenters. The van der Waals surface area contributed by atoms with Gasteiger partial charge in [0.15, 0.2) is 0 Å². The van der Waals surface area contributed by atoms with Crippen molar-refractivity contribution in [2.75, 3.05) is 44.3 Å². The lowest BCUT2D eigenvalue weighted by atomic mass is 10.3. The van der Waals surface area contributed by atoms with Crippen LogP contribution >= 0.6 is 0 Å². The van der Waals surface area contributed by atoms with Gasteiger partial charge in [0, 0.05) is 37.9 Å². The first kappa shape index (κ1) is 16.6. The van der Waals surface area contributed by atoms with Crippen LogP contribution in [0.4, 0.5) is 14.5 Å². The van der Waals surface area contributed by atoms with E-state index in [4.69, 9.17) is 0 Å². The smallest absolute Gasteiger partial charge is 0.241 e. The van der Waals surface area contributed by atoms with E-state index in [0.717, 1.165) is 24.5 Å². The molecule has 0 aliphatic carbocycles. The molecule has 1 fully saturated rings. The molecular formula is C13H17F2N3O3S. The highest BCUT2D eigenvalue weighted by molar-refractivity contribution is 7.88. The lowest BCUT2D eigenvalue weighted by Crippen LogP contribution is -2.51. The number of amides is 1. The zero-order valence-corrected chi connectivity index (χ0v) is 12.9. The van der Waals surface area contributed by atoms with E-state index in [-0.39, 0.29) is 31.2 Å². The molecular weight excluding hydrogens is 316 g/mol. The highest BCUT2D eigenvalue weighted by Gasteiger charge is 2.25. The van der Waals surface area contributed by atoms with Crippen molar-refractivity contribution in [1.82, 2.24) is 9.21 Å². The first-order valence-electron chi connectivity index (χ1n) is 6.68. The number of hydrogen-bond donors (Lipinski definition) is 1. The third kappa shape index (κ3) is 4.38. The van der Waals surface area contributed by atoms with Gasteiger partial charge in [-0.05, 0) is 12.1 Å². The van der Waals surface area contributed by atoms with Crippen molar-refractivity contribution in [3.63, 3.8) is 0 Å². The molecule has 1 amide bonds. The Labute approximate surface area is 127 Å². The number of sulfonamides is 1. The number of piperazine rings is 1. The van der Waals surface area contributed by atoms with E-state index in [0.29, 0.717) is 13.1 Å². The topological polar surface area (TPSA) is 69.7 Å². The number of halogens is 2. The molecule has 0 aromatic heterocycles. The number of nitrogens with zero attached hydrogens (tertiary/aromatic N) is 2. The van der Waals surface area contributed by atoms with Crippen molar-refractivity contribution in [3.05, 3.63) is 29.8 Å². The van der Waals surface area contributed by atoms with Crippen LogP contribution < -0.4 is 5.32 Å². The highest BCUT2D eigenvalue weighted by Crippen LogP contribution is 2.13. The summed E-state index contributed by atoms with van der Waals surface area (Å²) >= 11 is 0. The van der Waals surface area contributed by atoms with Crippen LogP contribution in [0.1, 0.15) is 0 Å². The van der Waals surface area contributed by atoms with Crippen molar-refractivity contribution < 1.29 is 22.0 Å². The lowest BCUT2D eigenvalue weighted by molar-refractivity contribution is -0.130. The van der Waals surface area contributed by atoms with Crippen molar-refractivity contribution in [2.45, 2.75) is 0 Å². The van der Waals surface area contributed by atoms with Gasteiger partial charge in [0.25, 0.3) is 0 Å². The molecule has 0 atom stereocenters. The maximum absolute atomic E-state index is 13.0. The van der Waals surface area contributed by atoms with Gasteiger partial charge in [-0.25, -0.2) is 17.2 Å². The van der Waals surface area contributed by atoms with Crippen LogP contribution in [0.25, 0.3) is 0 Å². The largest absolute Gasteiger partial charge is 0.376 e. The molecule has 0 radical (unpaired) electrons. The molecule has 1 N–H and O–H groups in total. The molecule has 0 bridgehead atoms. The van der Waals surface area contributed by atoms with Gasteiger partial charge in [-0.3, -0.25) is 4.79 Å². The second-order valence-electron chi connectivity index (χ2n) is 5.05. The fourth-order valence-electron chi connectivity index (χ4n) is 2.21. The predicted octanol–water partition coefficient (Wildman–Crippen LogP) is 0.480. The van der Waals surface area contributed by atoms with Gasteiger partial charge >= 0.3 is 0 Å². The van der Waals surface area contributed by atoms with Crippen LogP contribution in [0.15, 0.2) is 18.2 Å². The van der Waals surface area contributed by atoms with Crippen LogP contribution in [-0.2, 0) is 14.8 Å². The number of nitrogens with one attached hydrogen (secondary N) is 1. The number of anilines is 1. The fraction of sp³-hybridized carbons (Fsp3) is 0.462. The van der Waals surface area contributed by atoms with Crippen LogP contribution in [0.5, 0.6) is 0 Å². The summed E-state index contributed by atoms with van der Waals surface area (Å²) in [7, 11) is -3.24. The fourth-order valence-corrected chi connectivity index (χ4v) is 3.04. The monoisotopic (exact) mass is 333 g/mol. The Hall–Kier alpha value is -1.74. The van der Waals surface area contributed by atoms with E-state index in [1.165, 1.54) is 9.21 Å². The molecule has 0 spiro atoms. The van der Waals surface area contributed by atoms with E-state index >= 15 is 0 Å². The Morgan fingerprint density at radius 1 is 1.14 bits per heavy atom. The highest BCUT2D eigenvalue weighted by atomic mass is 32.2. The molecule has 1 saturated heterocycles. The van der Waals surface area contributed by atoms with E-state index in [2.05, 4.69) is 5.32 Å². The van der Waals surface area contributed by atoms with Gasteiger partial charge in [0.2, 0.25) is 15.9 Å². The van der Waals surface area contributed by atoms with E-state index in [9.17, 15) is 22.0 Å². The summed E-state index contributed by atoms with van der Waals surface area (Å²) in [5.74, 6) is -1.70. The van der Waals surface area contributed by atoms with Gasteiger partial charge in [-0.1, -0.05) is 0 Å². The first-order chi connectivity index (χ1) is 10.3. The minimum atomic E-state index is -3.24. The average Bonchev–Trinajstić information content (AvgIpc) is 2.43. The summed E-state index contributed by atoms with van der Waals surface area (Å²) in [5, 5.41) is 2.66. The molecule has 122 valence electrons. The molecule has 0 saturated carbocycles. The molecule has 2 rings (SSSR count). The summed E-state index contributed by atoms with van der Waals surface area (Å²) < 4.78 is 50.1. The Kier molecular flexibility index (Phi) is 4.97. The van der Waals surface area contributed by atoms with Crippen LogP contribution in [0.3, 0.4) is 0 Å². The van der Waals surface area contributed by atoms with Crippen LogP contribution in [-0.4, -0.2) is 62.5 Å². The maximum atomic E-state index is 13.0. The summed E-state index contributed by atoms with van der Waals surface area (Å²) in [6.45, 7) is 0.982. The average molecular weight is 333 g/mol. The number of hydrogen-bond acceptors (Lipinski definition) is 4. The van der Waals surface area contributed by atoms with Gasteiger partial charge < -0.3 is 10.2 Å². The summed E-state index contributed by atoms with van der Waals surface area (Å²) in [5.41, 5.74) is 0.181. The molecule has 1 heterocycles. The SMILES string of the molecule is CS(=O)(=O)N1CCN(C(=O)CNc2cc(F)cc(F)c2)CC1. The van der Waals surface area contributed by atoms with E-state index < -0.39 is 21.7 Å². The van der Waals surface area contributed by atoms with Gasteiger partial charge in [0.1, 0.15) is 11.6 Å². The number of benzene rings is 1. The van der Waals surface area contributed by atoms with Gasteiger partial charge in [-0.15, -0.1) is 0 Å². The molecule has 1 aromatic carbocycles. The Balaban J connectivity index is 1.86. The quantitative estimate of drug-likeness (QED) is 0.870. The Morgan fingerprint density at radius 3 is 2.18 bits per heavy atom. The molecule has 9 heteroatoms. The van der Waals surface area contributed by atoms with E-state index in [1.54, 1.807) is 0 Å². The van der Waals surface area contributed by atoms with Gasteiger partial charge in [0.05, 0.1) is 12.8 Å². The number of carbonyl (C=O) groups is 1. The number of rotatable bonds is 4. The summed E-state index contributed by atoms with van der Waals surface area (Å²) in [4.78, 5) is 13.5. The zero-order chi connectivity index (χ0) is 16.3. The third-order valence-corrected chi connectivity index (χ3v) is 4.67. The predicted molar refractivity (Wildman–Crippen MR) is 77.8 cm³/mol. The lowest BCUT2D eigenvalue weighted by Gasteiger charge is -2.33. The molecule has 6 nitrogen and oxygen atoms in total. The Morgan fingerprint density at radius 2 is 1.68 bits per heavy atom. The second-order valence-corrected chi connectivity index (χ2v) is 7.04. The molecule has 1 aliphatic heterocycles. The van der Waals surface area contributed by atoms with Crippen molar-refractivity contribution in [1.29, 1.82) is 0 Å². The molecule has 22 heavy (non-hydrogen) atoms. The van der Waals surface area contributed by atoms with Crippen LogP contribution in [0, 0.1) is 11.6 Å². The van der Waals surface area contributed by atoms with Crippen molar-refractivity contribution >= 4 is 21.6 Å². The maximum Gasteiger partial charge on any atom is 0.241 e. The normalized spacial score (nSPS) is 16.6. The van der Waals surface area contributed by atoms with Gasteiger partial charge in [-0.2, -0.15) is 4.31 Å². The first-order valence-corrected chi connectivity index (χ1v) is 8.53. The molecule has 1 aromatic rings. The van der Waals surface area contributed by atoms with Crippen molar-refractivity contribution in [3.8, 4) is 0 Å². The Bertz CT molecular complexity index is 638. The standard InChI is InChI=1S/C13H17F2N3O3S/c1-22(20,21)18-4-2-17(3-5-18)13(19)9-16-12-7-10(14)6-11(15)8-12/h6-8,16H,2-5,9H2,1H3. The summed E-state index contributed by atoms with van der Waals surface area (Å²) in [6.07, 6.45) is 1.13. The third-order valence-electron chi connectivity index (χ3n) is 3.37. The van der Waals surface area contributed by atoms with Crippen molar-refractivity contribution in [2.24, 2.45) is 0 Å². The van der Waals surface area contributed by atoms with Crippen LogP contribution in [0.2, 0.25) is 0 Å². The number of carbonyl (C=O) groups excluding carboxylic acids is 1. The van der Waals surface area contributed by atoms with E-state index in [1.807, 2.05) is 0 Å². The minimum Gasteiger partial charge on any atom is -0.376 e.